The van der Waals surface area contributed by atoms with Gasteiger partial charge in [0.05, 0.1) is 17.5 Å². The van der Waals surface area contributed by atoms with Gasteiger partial charge in [0.25, 0.3) is 0 Å². The zero-order chi connectivity index (χ0) is 13.1. The van der Waals surface area contributed by atoms with Gasteiger partial charge < -0.3 is 9.67 Å². The molecule has 0 aromatic carbocycles. The van der Waals surface area contributed by atoms with Crippen LogP contribution < -0.4 is 0 Å². The van der Waals surface area contributed by atoms with Crippen LogP contribution in [-0.4, -0.2) is 31.4 Å². The predicted octanol–water partition coefficient (Wildman–Crippen LogP) is 2.58. The van der Waals surface area contributed by atoms with E-state index in [-0.39, 0.29) is 11.8 Å². The van der Waals surface area contributed by atoms with Crippen molar-refractivity contribution < 1.29 is 9.90 Å². The minimum atomic E-state index is -0.833. The van der Waals surface area contributed by atoms with Crippen LogP contribution >= 0.6 is 11.8 Å². The third-order valence-corrected chi connectivity index (χ3v) is 3.75. The summed E-state index contributed by atoms with van der Waals surface area (Å²) in [6.45, 7) is 4.20. The molecule has 1 N–H and O–H groups in total. The van der Waals surface area contributed by atoms with E-state index in [2.05, 4.69) is 28.4 Å². The van der Waals surface area contributed by atoms with E-state index in [0.29, 0.717) is 0 Å². The summed E-state index contributed by atoms with van der Waals surface area (Å²) in [7, 11) is 0. The largest absolute Gasteiger partial charge is 0.481 e. The number of hydrogen-bond donors (Lipinski definition) is 1. The highest BCUT2D eigenvalue weighted by atomic mass is 32.2. The van der Waals surface area contributed by atoms with Crippen molar-refractivity contribution in [3.8, 4) is 0 Å². The van der Waals surface area contributed by atoms with E-state index < -0.39 is 5.97 Å². The number of carbonyl (C=O) groups is 1. The zero-order valence-electron chi connectivity index (χ0n) is 10.3. The van der Waals surface area contributed by atoms with Gasteiger partial charge in [0.2, 0.25) is 0 Å². The van der Waals surface area contributed by atoms with Crippen LogP contribution in [0.1, 0.15) is 26.3 Å². The molecule has 0 aliphatic heterocycles. The molecule has 0 amide bonds. The number of aliphatic carboxylic acids is 1. The average Bonchev–Trinajstić information content (AvgIpc) is 2.73. The fourth-order valence-electron chi connectivity index (χ4n) is 1.77. The fraction of sp³-hybridized carbons (Fsp3) is 0.417. The van der Waals surface area contributed by atoms with Gasteiger partial charge in [0.15, 0.2) is 5.16 Å². The van der Waals surface area contributed by atoms with Crippen LogP contribution in [0.25, 0.3) is 11.0 Å². The lowest BCUT2D eigenvalue weighted by atomic mass is 10.2. The molecule has 0 spiro atoms. The summed E-state index contributed by atoms with van der Waals surface area (Å²) >= 11 is 1.25. The van der Waals surface area contributed by atoms with E-state index in [1.165, 1.54) is 11.8 Å². The second-order valence-electron chi connectivity index (χ2n) is 4.07. The number of hydrogen-bond acceptors (Lipinski definition) is 4. The summed E-state index contributed by atoms with van der Waals surface area (Å²) < 4.78 is 2.09. The third-order valence-electron chi connectivity index (χ3n) is 2.82. The Hall–Kier alpha value is -1.56. The van der Waals surface area contributed by atoms with Crippen molar-refractivity contribution in [2.24, 2.45) is 0 Å². The van der Waals surface area contributed by atoms with Crippen molar-refractivity contribution in [1.29, 1.82) is 0 Å². The van der Waals surface area contributed by atoms with Crippen molar-refractivity contribution in [3.05, 3.63) is 18.5 Å². The Labute approximate surface area is 109 Å². The lowest BCUT2D eigenvalue weighted by Crippen LogP contribution is -2.07. The Morgan fingerprint density at radius 3 is 3.06 bits per heavy atom. The van der Waals surface area contributed by atoms with E-state index in [0.717, 1.165) is 22.6 Å². The van der Waals surface area contributed by atoms with Crippen molar-refractivity contribution in [2.75, 3.05) is 5.75 Å². The Bertz CT molecular complexity index is 567. The van der Waals surface area contributed by atoms with Crippen molar-refractivity contribution in [2.45, 2.75) is 31.5 Å². The van der Waals surface area contributed by atoms with Crippen LogP contribution in [-0.2, 0) is 4.79 Å². The van der Waals surface area contributed by atoms with Gasteiger partial charge in [-0.1, -0.05) is 18.7 Å². The lowest BCUT2D eigenvalue weighted by molar-refractivity contribution is -0.133. The number of fused-ring (bicyclic) bond motifs is 1. The van der Waals surface area contributed by atoms with Crippen LogP contribution in [0.4, 0.5) is 0 Å². The highest BCUT2D eigenvalue weighted by molar-refractivity contribution is 7.99. The highest BCUT2D eigenvalue weighted by Gasteiger charge is 2.16. The molecule has 18 heavy (non-hydrogen) atoms. The second-order valence-corrected chi connectivity index (χ2v) is 5.01. The number of rotatable bonds is 5. The SMILES string of the molecule is CCC(C)n1c(SCC(=O)O)nc2cnccc21. The average molecular weight is 265 g/mol. The molecule has 2 aromatic rings. The van der Waals surface area contributed by atoms with E-state index >= 15 is 0 Å². The normalized spacial score (nSPS) is 12.8. The maximum Gasteiger partial charge on any atom is 0.313 e. The first-order valence-electron chi connectivity index (χ1n) is 5.80. The first kappa shape index (κ1) is 12.9. The number of carboxylic acids is 1. The zero-order valence-corrected chi connectivity index (χ0v) is 11.1. The molecule has 0 saturated heterocycles. The molecular weight excluding hydrogens is 250 g/mol. The smallest absolute Gasteiger partial charge is 0.313 e. The number of carboxylic acid groups (broad SMARTS) is 1. The standard InChI is InChI=1S/C12H15N3O2S/c1-3-8(2)15-10-4-5-13-6-9(10)14-12(15)18-7-11(16)17/h4-6,8H,3,7H2,1-2H3,(H,16,17). The molecule has 1 unspecified atom stereocenters. The van der Waals surface area contributed by atoms with E-state index in [1.807, 2.05) is 6.07 Å². The molecule has 2 heterocycles. The second kappa shape index (κ2) is 5.39. The van der Waals surface area contributed by atoms with E-state index in [4.69, 9.17) is 5.11 Å². The first-order chi connectivity index (χ1) is 8.63. The summed E-state index contributed by atoms with van der Waals surface area (Å²) in [6, 6.07) is 2.20. The van der Waals surface area contributed by atoms with Gasteiger partial charge >= 0.3 is 5.97 Å². The van der Waals surface area contributed by atoms with Gasteiger partial charge in [-0.3, -0.25) is 9.78 Å². The summed E-state index contributed by atoms with van der Waals surface area (Å²) in [5, 5.41) is 9.51. The first-order valence-corrected chi connectivity index (χ1v) is 6.78. The van der Waals surface area contributed by atoms with Crippen LogP contribution in [0, 0.1) is 0 Å². The Kier molecular flexibility index (Phi) is 3.86. The van der Waals surface area contributed by atoms with Gasteiger partial charge in [-0.15, -0.1) is 0 Å². The number of nitrogens with zero attached hydrogens (tertiary/aromatic N) is 3. The van der Waals surface area contributed by atoms with Gasteiger partial charge in [-0.2, -0.15) is 0 Å². The maximum atomic E-state index is 10.7. The van der Waals surface area contributed by atoms with Crippen molar-refractivity contribution >= 4 is 28.8 Å². The number of pyridine rings is 1. The maximum absolute atomic E-state index is 10.7. The van der Waals surface area contributed by atoms with Crippen LogP contribution in [0.15, 0.2) is 23.6 Å². The third kappa shape index (κ3) is 2.48. The van der Waals surface area contributed by atoms with Crippen LogP contribution in [0.5, 0.6) is 0 Å². The summed E-state index contributed by atoms with van der Waals surface area (Å²) in [5.41, 5.74) is 1.82. The molecule has 0 aliphatic rings. The molecule has 0 bridgehead atoms. The molecule has 96 valence electrons. The van der Waals surface area contributed by atoms with Crippen molar-refractivity contribution in [1.82, 2.24) is 14.5 Å². The highest BCUT2D eigenvalue weighted by Crippen LogP contribution is 2.28. The fourth-order valence-corrected chi connectivity index (χ4v) is 2.60. The Morgan fingerprint density at radius 2 is 2.39 bits per heavy atom. The molecule has 2 aromatic heterocycles. The van der Waals surface area contributed by atoms with Crippen molar-refractivity contribution in [3.63, 3.8) is 0 Å². The molecule has 0 saturated carbocycles. The van der Waals surface area contributed by atoms with Gasteiger partial charge in [-0.25, -0.2) is 4.98 Å². The quantitative estimate of drug-likeness (QED) is 0.841. The van der Waals surface area contributed by atoms with E-state index in [1.54, 1.807) is 12.4 Å². The number of imidazole rings is 1. The molecule has 0 radical (unpaired) electrons. The molecule has 6 heteroatoms. The van der Waals surface area contributed by atoms with Gasteiger partial charge in [0.1, 0.15) is 5.52 Å². The van der Waals surface area contributed by atoms with E-state index in [9.17, 15) is 4.79 Å². The molecule has 0 aliphatic carbocycles. The number of aromatic nitrogens is 3. The summed E-state index contributed by atoms with van der Waals surface area (Å²) in [4.78, 5) is 19.2. The lowest BCUT2D eigenvalue weighted by Gasteiger charge is -2.14. The molecule has 5 nitrogen and oxygen atoms in total. The van der Waals surface area contributed by atoms with Gasteiger partial charge in [0, 0.05) is 12.2 Å². The minimum absolute atomic E-state index is 0.0210. The summed E-state index contributed by atoms with van der Waals surface area (Å²) in [5.74, 6) is -0.811. The van der Waals surface area contributed by atoms with Crippen LogP contribution in [0.3, 0.4) is 0 Å². The number of thioether (sulfide) groups is 1. The molecular formula is C12H15N3O2S. The van der Waals surface area contributed by atoms with Crippen LogP contribution in [0.2, 0.25) is 0 Å². The predicted molar refractivity (Wildman–Crippen MR) is 70.9 cm³/mol. The Morgan fingerprint density at radius 1 is 1.61 bits per heavy atom. The Balaban J connectivity index is 2.46. The molecule has 0 fully saturated rings. The summed E-state index contributed by atoms with van der Waals surface area (Å²) in [6.07, 6.45) is 4.40. The van der Waals surface area contributed by atoms with Gasteiger partial charge in [-0.05, 0) is 19.4 Å². The monoisotopic (exact) mass is 265 g/mol. The molecule has 2 rings (SSSR count). The minimum Gasteiger partial charge on any atom is -0.481 e. The topological polar surface area (TPSA) is 68.0 Å². The molecule has 1 atom stereocenters.